The second-order valence-corrected chi connectivity index (χ2v) is 12.1. The lowest BCUT2D eigenvalue weighted by Crippen LogP contribution is -2.46. The molecule has 2 saturated heterocycles. The Balaban J connectivity index is 1.20. The van der Waals surface area contributed by atoms with E-state index in [1.165, 1.54) is 16.8 Å². The molecule has 2 aromatic rings. The minimum atomic E-state index is -1.47. The summed E-state index contributed by atoms with van der Waals surface area (Å²) in [5.74, 6) is -2.52. The van der Waals surface area contributed by atoms with Crippen LogP contribution in [0.1, 0.15) is 46.6 Å². The maximum Gasteiger partial charge on any atom is 0.394 e. The van der Waals surface area contributed by atoms with Crippen molar-refractivity contribution >= 4 is 41.0 Å². The lowest BCUT2D eigenvalue weighted by molar-refractivity contribution is -0.156. The van der Waals surface area contributed by atoms with Gasteiger partial charge in [-0.1, -0.05) is 17.7 Å². The molecule has 11 nitrogen and oxygen atoms in total. The summed E-state index contributed by atoms with van der Waals surface area (Å²) < 4.78 is 0. The van der Waals surface area contributed by atoms with Crippen molar-refractivity contribution in [3.8, 4) is 0 Å². The van der Waals surface area contributed by atoms with Crippen molar-refractivity contribution in [3.63, 3.8) is 0 Å². The first-order chi connectivity index (χ1) is 20.5. The maximum absolute atomic E-state index is 13.8. The van der Waals surface area contributed by atoms with Crippen LogP contribution in [0.5, 0.6) is 0 Å². The van der Waals surface area contributed by atoms with E-state index in [-0.39, 0.29) is 36.7 Å². The molecule has 4 heterocycles. The smallest absolute Gasteiger partial charge is 0.394 e. The van der Waals surface area contributed by atoms with Gasteiger partial charge in [-0.15, -0.1) is 0 Å². The zero-order chi connectivity index (χ0) is 30.8. The Morgan fingerprint density at radius 1 is 1.05 bits per heavy atom. The van der Waals surface area contributed by atoms with Crippen LogP contribution < -0.4 is 4.90 Å². The Bertz CT molecular complexity index is 1450. The maximum atomic E-state index is 13.8. The van der Waals surface area contributed by atoms with E-state index in [1.54, 1.807) is 9.80 Å². The number of aryl methyl sites for hydroxylation is 3. The molecule has 1 N–H and O–H groups in total. The molecule has 0 aliphatic carbocycles. The summed E-state index contributed by atoms with van der Waals surface area (Å²) in [6, 6.07) is 5.62. The van der Waals surface area contributed by atoms with Crippen LogP contribution in [-0.4, -0.2) is 99.3 Å². The van der Waals surface area contributed by atoms with E-state index in [1.807, 2.05) is 45.2 Å². The van der Waals surface area contributed by atoms with Gasteiger partial charge in [0.15, 0.2) is 0 Å². The van der Waals surface area contributed by atoms with Crippen LogP contribution in [0.3, 0.4) is 0 Å². The van der Waals surface area contributed by atoms with Gasteiger partial charge in [0.2, 0.25) is 5.91 Å². The van der Waals surface area contributed by atoms with Crippen LogP contribution >= 0.6 is 11.6 Å². The first-order valence-corrected chi connectivity index (χ1v) is 15.0. The number of fused-ring (bicyclic) bond motifs is 1. The highest BCUT2D eigenvalue weighted by molar-refractivity contribution is 6.32. The summed E-state index contributed by atoms with van der Waals surface area (Å²) in [5, 5.41) is 9.62. The average Bonchev–Trinajstić information content (AvgIpc) is 3.55. The molecule has 5 rings (SSSR count). The van der Waals surface area contributed by atoms with Crippen molar-refractivity contribution in [2.24, 2.45) is 11.8 Å². The molecule has 0 radical (unpaired) electrons. The lowest BCUT2D eigenvalue weighted by Gasteiger charge is -2.34. The fraction of sp³-hybridized carbons (Fsp3) is 0.484. The first-order valence-electron chi connectivity index (χ1n) is 14.6. The van der Waals surface area contributed by atoms with Gasteiger partial charge in [-0.3, -0.25) is 19.3 Å². The second-order valence-electron chi connectivity index (χ2n) is 11.7. The molecule has 0 bridgehead atoms. The molecule has 3 amide bonds. The Kier molecular flexibility index (Phi) is 9.12. The quantitative estimate of drug-likeness (QED) is 0.475. The second kappa shape index (κ2) is 12.8. The van der Waals surface area contributed by atoms with E-state index in [2.05, 4.69) is 14.9 Å². The Morgan fingerprint density at radius 2 is 1.74 bits per heavy atom. The van der Waals surface area contributed by atoms with Gasteiger partial charge in [0.1, 0.15) is 6.33 Å². The van der Waals surface area contributed by atoms with Gasteiger partial charge < -0.3 is 19.8 Å². The molecule has 1 aromatic heterocycles. The lowest BCUT2D eigenvalue weighted by atomic mass is 9.94. The van der Waals surface area contributed by atoms with Gasteiger partial charge in [0.05, 0.1) is 17.0 Å². The number of rotatable bonds is 7. The van der Waals surface area contributed by atoms with Gasteiger partial charge in [-0.25, -0.2) is 14.8 Å². The highest BCUT2D eigenvalue weighted by atomic mass is 35.5. The number of amides is 3. The molecule has 0 saturated carbocycles. The van der Waals surface area contributed by atoms with Crippen LogP contribution in [0.4, 0.5) is 5.69 Å². The summed E-state index contributed by atoms with van der Waals surface area (Å²) in [7, 11) is 0. The highest BCUT2D eigenvalue weighted by Crippen LogP contribution is 2.32. The van der Waals surface area contributed by atoms with Crippen molar-refractivity contribution in [2.75, 3.05) is 50.7 Å². The van der Waals surface area contributed by atoms with Gasteiger partial charge in [0, 0.05) is 74.6 Å². The number of carboxylic acid groups (broad SMARTS) is 1. The fourth-order valence-electron chi connectivity index (χ4n) is 6.30. The van der Waals surface area contributed by atoms with E-state index in [0.29, 0.717) is 47.9 Å². The van der Waals surface area contributed by atoms with Gasteiger partial charge in [-0.2, -0.15) is 0 Å². The molecule has 228 valence electrons. The molecular weight excluding hydrogens is 572 g/mol. The largest absolute Gasteiger partial charge is 0.474 e. The van der Waals surface area contributed by atoms with Crippen LogP contribution in [0.15, 0.2) is 36.3 Å². The van der Waals surface area contributed by atoms with E-state index in [9.17, 15) is 19.2 Å². The topological polar surface area (TPSA) is 127 Å². The van der Waals surface area contributed by atoms with Crippen LogP contribution in [0.2, 0.25) is 5.02 Å². The van der Waals surface area contributed by atoms with Gasteiger partial charge in [0.25, 0.3) is 5.91 Å². The number of hydrogen-bond donors (Lipinski definition) is 1. The predicted octanol–water partition coefficient (Wildman–Crippen LogP) is 3.07. The average molecular weight is 609 g/mol. The number of halogens is 1. The number of carboxylic acids is 1. The first kappa shape index (κ1) is 30.6. The van der Waals surface area contributed by atoms with Crippen molar-refractivity contribution < 1.29 is 24.3 Å². The van der Waals surface area contributed by atoms with Crippen molar-refractivity contribution in [1.29, 1.82) is 0 Å². The number of aliphatic carboxylic acids is 1. The fourth-order valence-corrected chi connectivity index (χ4v) is 6.48. The molecule has 12 heteroatoms. The number of likely N-dealkylation sites (tertiary alicyclic amines) is 2. The van der Waals surface area contributed by atoms with Crippen LogP contribution in [0, 0.1) is 32.6 Å². The zero-order valence-corrected chi connectivity index (χ0v) is 25.5. The normalized spacial score (nSPS) is 18.9. The number of anilines is 1. The minimum Gasteiger partial charge on any atom is -0.474 e. The number of carbonyl (C=O) groups excluding carboxylic acids is 3. The van der Waals surface area contributed by atoms with Crippen molar-refractivity contribution in [2.45, 2.75) is 40.0 Å². The number of aromatic nitrogens is 2. The molecule has 3 aliphatic heterocycles. The molecule has 1 aromatic carbocycles. The molecule has 1 atom stereocenters. The number of benzene rings is 1. The number of piperidine rings is 1. The molecule has 2 fully saturated rings. The zero-order valence-electron chi connectivity index (χ0n) is 24.8. The number of hydrogen-bond acceptors (Lipinski definition) is 7. The molecular formula is C31H37ClN6O5. The van der Waals surface area contributed by atoms with E-state index in [4.69, 9.17) is 16.7 Å². The standard InChI is InChI=1S/C31H37ClN6O5/c1-19-5-6-25(13-26(19)32)38(28(39)22-7-11-36(12-8-22)30(41)31(42)43)10-4-9-35-14-23-16-37(17-24(23)15-35)29(40)27-20(2)33-18-34-21(27)3/h5-6,13,16,18,22,24H,4,7-12,14-15,17H2,1-3H3,(H,42,43). The Labute approximate surface area is 256 Å². The third-order valence-electron chi connectivity index (χ3n) is 8.75. The summed E-state index contributed by atoms with van der Waals surface area (Å²) in [4.78, 5) is 65.5. The Hall–Kier alpha value is -3.83. The summed E-state index contributed by atoms with van der Waals surface area (Å²) >= 11 is 6.43. The molecule has 1 unspecified atom stereocenters. The monoisotopic (exact) mass is 608 g/mol. The van der Waals surface area contributed by atoms with E-state index < -0.39 is 11.9 Å². The molecule has 3 aliphatic rings. The minimum absolute atomic E-state index is 0.0343. The predicted molar refractivity (Wildman–Crippen MR) is 161 cm³/mol. The van der Waals surface area contributed by atoms with E-state index >= 15 is 0 Å². The van der Waals surface area contributed by atoms with Crippen molar-refractivity contribution in [3.05, 3.63) is 63.8 Å². The third kappa shape index (κ3) is 6.57. The number of nitrogens with zero attached hydrogens (tertiary/aromatic N) is 6. The molecule has 43 heavy (non-hydrogen) atoms. The van der Waals surface area contributed by atoms with E-state index in [0.717, 1.165) is 37.3 Å². The third-order valence-corrected chi connectivity index (χ3v) is 9.16. The SMILES string of the molecule is Cc1ccc(N(CCCN2CC3=CN(C(=O)c4c(C)ncnc4C)CC3C2)C(=O)C2CCN(C(=O)C(=O)O)CC2)cc1Cl. The van der Waals surface area contributed by atoms with Crippen LogP contribution in [0.25, 0.3) is 0 Å². The number of carbonyl (C=O) groups is 4. The summed E-state index contributed by atoms with van der Waals surface area (Å²) in [6.45, 7) is 9.60. The van der Waals surface area contributed by atoms with Gasteiger partial charge in [-0.05, 0) is 63.3 Å². The summed E-state index contributed by atoms with van der Waals surface area (Å²) in [6.07, 6.45) is 5.03. The van der Waals surface area contributed by atoms with Crippen molar-refractivity contribution in [1.82, 2.24) is 24.7 Å². The van der Waals surface area contributed by atoms with Crippen LogP contribution in [-0.2, 0) is 14.4 Å². The highest BCUT2D eigenvalue weighted by Gasteiger charge is 2.37. The molecule has 0 spiro atoms. The Morgan fingerprint density at radius 3 is 2.37 bits per heavy atom. The summed E-state index contributed by atoms with van der Waals surface area (Å²) in [5.41, 5.74) is 4.83. The van der Waals surface area contributed by atoms with Gasteiger partial charge >= 0.3 is 11.9 Å².